The minimum atomic E-state index is -1.42. The van der Waals surface area contributed by atoms with Gasteiger partial charge in [0, 0.05) is 17.8 Å². The van der Waals surface area contributed by atoms with Gasteiger partial charge in [0.25, 0.3) is 5.91 Å². The van der Waals surface area contributed by atoms with Gasteiger partial charge in [-0.25, -0.2) is 0 Å². The number of ketones is 1. The Hall–Kier alpha value is -3.04. The molecule has 0 aliphatic heterocycles. The molecular weight excluding hydrogens is 473 g/mol. The van der Waals surface area contributed by atoms with E-state index in [4.69, 9.17) is 42.1 Å². The third-order valence-electron chi connectivity index (χ3n) is 4.23. The zero-order chi connectivity index (χ0) is 24.5. The van der Waals surface area contributed by atoms with Gasteiger partial charge in [0.2, 0.25) is 6.04 Å². The number of methoxy groups -OCH3 is 2. The third kappa shape index (κ3) is 6.72. The lowest BCUT2D eigenvalue weighted by Gasteiger charge is -2.14. The predicted octanol–water partition coefficient (Wildman–Crippen LogP) is 5.49. The van der Waals surface area contributed by atoms with E-state index in [0.29, 0.717) is 41.9 Å². The van der Waals surface area contributed by atoms with Crippen molar-refractivity contribution in [2.45, 2.75) is 26.8 Å². The van der Waals surface area contributed by atoms with Gasteiger partial charge in [0.1, 0.15) is 11.4 Å². The van der Waals surface area contributed by atoms with Crippen molar-refractivity contribution in [3.05, 3.63) is 34.3 Å². The van der Waals surface area contributed by atoms with Crippen molar-refractivity contribution in [2.75, 3.05) is 32.8 Å². The Morgan fingerprint density at radius 1 is 0.939 bits per heavy atom. The lowest BCUT2D eigenvalue weighted by Crippen LogP contribution is -2.31. The van der Waals surface area contributed by atoms with E-state index in [1.807, 2.05) is 6.92 Å². The van der Waals surface area contributed by atoms with E-state index in [2.05, 4.69) is 15.5 Å². The van der Waals surface area contributed by atoms with Crippen LogP contribution in [0.25, 0.3) is 0 Å². The summed E-state index contributed by atoms with van der Waals surface area (Å²) in [7, 11) is 2.88. The quantitative estimate of drug-likeness (QED) is 0.324. The number of Topliss-reactive ketones (excluding diaryl/α,β-unsaturated/α-hetero) is 1. The van der Waals surface area contributed by atoms with Crippen LogP contribution in [0.5, 0.6) is 23.0 Å². The van der Waals surface area contributed by atoms with Crippen LogP contribution in [-0.2, 0) is 9.59 Å². The molecule has 2 aromatic rings. The second kappa shape index (κ2) is 12.3. The highest BCUT2D eigenvalue weighted by atomic mass is 35.5. The molecule has 1 amide bonds. The van der Waals surface area contributed by atoms with Crippen LogP contribution >= 0.6 is 23.2 Å². The molecule has 9 nitrogen and oxygen atoms in total. The number of hydrogen-bond acceptors (Lipinski definition) is 8. The van der Waals surface area contributed by atoms with Gasteiger partial charge < -0.3 is 24.3 Å². The molecule has 1 N–H and O–H groups in total. The largest absolute Gasteiger partial charge is 0.493 e. The zero-order valence-electron chi connectivity index (χ0n) is 18.9. The second-order valence-corrected chi connectivity index (χ2v) is 7.34. The molecule has 0 heterocycles. The molecule has 2 aromatic carbocycles. The van der Waals surface area contributed by atoms with Crippen LogP contribution in [0.2, 0.25) is 10.0 Å². The lowest BCUT2D eigenvalue weighted by molar-refractivity contribution is -0.126. The standard InChI is InChI=1S/C22H25Cl2N3O6/c1-6-32-17-11-18(33-7-2)16(10-14(17)23)26-27-20(12(3)28)22(29)25-13-8-15(24)21(31-5)19(9-13)30-4/h8-11,20H,6-7H2,1-5H3,(H,25,29). The molecule has 11 heteroatoms. The van der Waals surface area contributed by atoms with Crippen LogP contribution in [0.15, 0.2) is 34.5 Å². The Morgan fingerprint density at radius 2 is 1.61 bits per heavy atom. The maximum Gasteiger partial charge on any atom is 0.258 e. The number of azo groups is 1. The molecule has 0 spiro atoms. The van der Waals surface area contributed by atoms with Crippen LogP contribution in [0.4, 0.5) is 11.4 Å². The van der Waals surface area contributed by atoms with E-state index in [9.17, 15) is 9.59 Å². The summed E-state index contributed by atoms with van der Waals surface area (Å²) < 4.78 is 21.4. The van der Waals surface area contributed by atoms with E-state index in [0.717, 1.165) is 0 Å². The van der Waals surface area contributed by atoms with Crippen LogP contribution in [0.1, 0.15) is 20.8 Å². The minimum Gasteiger partial charge on any atom is -0.493 e. The van der Waals surface area contributed by atoms with Crippen molar-refractivity contribution in [1.82, 2.24) is 0 Å². The Labute approximate surface area is 202 Å². The van der Waals surface area contributed by atoms with Crippen molar-refractivity contribution in [1.29, 1.82) is 0 Å². The molecule has 33 heavy (non-hydrogen) atoms. The Bertz CT molecular complexity index is 1050. The van der Waals surface area contributed by atoms with Gasteiger partial charge >= 0.3 is 0 Å². The van der Waals surface area contributed by atoms with Crippen LogP contribution < -0.4 is 24.3 Å². The number of benzene rings is 2. The molecule has 0 bridgehead atoms. The SMILES string of the molecule is CCOc1cc(OCC)c(N=NC(C(C)=O)C(=O)Nc2cc(Cl)c(OC)c(OC)c2)cc1Cl. The van der Waals surface area contributed by atoms with Gasteiger partial charge in [-0.05, 0) is 32.9 Å². The number of halogens is 2. The summed E-state index contributed by atoms with van der Waals surface area (Å²) in [4.78, 5) is 24.9. The van der Waals surface area contributed by atoms with Crippen molar-refractivity contribution in [3.63, 3.8) is 0 Å². The first-order valence-electron chi connectivity index (χ1n) is 9.98. The fourth-order valence-corrected chi connectivity index (χ4v) is 3.28. The number of nitrogens with one attached hydrogen (secondary N) is 1. The molecule has 0 radical (unpaired) electrons. The van der Waals surface area contributed by atoms with Gasteiger partial charge in [-0.2, -0.15) is 10.2 Å². The van der Waals surface area contributed by atoms with Crippen LogP contribution in [0, 0.1) is 0 Å². The third-order valence-corrected chi connectivity index (χ3v) is 4.80. The summed E-state index contributed by atoms with van der Waals surface area (Å²) in [5.74, 6) is 0.182. The smallest absolute Gasteiger partial charge is 0.258 e. The van der Waals surface area contributed by atoms with Gasteiger partial charge in [-0.3, -0.25) is 9.59 Å². The minimum absolute atomic E-state index is 0.221. The van der Waals surface area contributed by atoms with Crippen molar-refractivity contribution in [2.24, 2.45) is 10.2 Å². The number of hydrogen-bond donors (Lipinski definition) is 1. The maximum atomic E-state index is 12.8. The molecule has 1 atom stereocenters. The summed E-state index contributed by atoms with van der Waals surface area (Å²) in [6.45, 7) is 5.63. The maximum absolute atomic E-state index is 12.8. The summed E-state index contributed by atoms with van der Waals surface area (Å²) in [5.41, 5.74) is 0.543. The summed E-state index contributed by atoms with van der Waals surface area (Å²) in [5, 5.41) is 11.1. The Morgan fingerprint density at radius 3 is 2.18 bits per heavy atom. The summed E-state index contributed by atoms with van der Waals surface area (Å²) in [6.07, 6.45) is 0. The number of anilines is 1. The molecule has 0 aromatic heterocycles. The van der Waals surface area contributed by atoms with Crippen LogP contribution in [0.3, 0.4) is 0 Å². The van der Waals surface area contributed by atoms with Gasteiger partial charge in [0.05, 0.1) is 37.5 Å². The topological polar surface area (TPSA) is 108 Å². The van der Waals surface area contributed by atoms with Gasteiger partial charge in [-0.1, -0.05) is 23.2 Å². The first kappa shape index (κ1) is 26.2. The van der Waals surface area contributed by atoms with Crippen molar-refractivity contribution < 1.29 is 28.5 Å². The van der Waals surface area contributed by atoms with Gasteiger partial charge in [-0.15, -0.1) is 0 Å². The average molecular weight is 498 g/mol. The van der Waals surface area contributed by atoms with Crippen molar-refractivity contribution >= 4 is 46.3 Å². The van der Waals surface area contributed by atoms with E-state index in [-0.39, 0.29) is 15.7 Å². The second-order valence-electron chi connectivity index (χ2n) is 6.53. The monoisotopic (exact) mass is 497 g/mol. The lowest BCUT2D eigenvalue weighted by atomic mass is 10.2. The zero-order valence-corrected chi connectivity index (χ0v) is 20.4. The Balaban J connectivity index is 2.33. The normalized spacial score (nSPS) is 11.7. The molecule has 0 saturated heterocycles. The number of amides is 1. The fourth-order valence-electron chi connectivity index (χ4n) is 2.78. The Kier molecular flexibility index (Phi) is 9.74. The van der Waals surface area contributed by atoms with E-state index >= 15 is 0 Å². The number of carbonyl (C=O) groups excluding carboxylic acids is 2. The highest BCUT2D eigenvalue weighted by molar-refractivity contribution is 6.33. The van der Waals surface area contributed by atoms with E-state index in [1.165, 1.54) is 39.3 Å². The number of carbonyl (C=O) groups is 2. The van der Waals surface area contributed by atoms with E-state index in [1.54, 1.807) is 13.0 Å². The highest BCUT2D eigenvalue weighted by Crippen LogP contribution is 2.39. The van der Waals surface area contributed by atoms with Crippen molar-refractivity contribution in [3.8, 4) is 23.0 Å². The molecule has 0 saturated carbocycles. The molecule has 0 aliphatic carbocycles. The van der Waals surface area contributed by atoms with Crippen LogP contribution in [-0.4, -0.2) is 45.2 Å². The predicted molar refractivity (Wildman–Crippen MR) is 126 cm³/mol. The highest BCUT2D eigenvalue weighted by Gasteiger charge is 2.24. The first-order chi connectivity index (χ1) is 15.7. The molecule has 0 aliphatic rings. The average Bonchev–Trinajstić information content (AvgIpc) is 2.76. The molecule has 2 rings (SSSR count). The first-order valence-corrected chi connectivity index (χ1v) is 10.7. The molecule has 0 fully saturated rings. The molecule has 178 valence electrons. The van der Waals surface area contributed by atoms with E-state index < -0.39 is 17.7 Å². The fraction of sp³-hybridized carbons (Fsp3) is 0.364. The molecular formula is C22H25Cl2N3O6. The summed E-state index contributed by atoms with van der Waals surface area (Å²) in [6, 6.07) is 4.63. The van der Waals surface area contributed by atoms with Gasteiger partial charge in [0.15, 0.2) is 23.0 Å². The number of ether oxygens (including phenoxy) is 4. The number of rotatable bonds is 11. The number of nitrogens with zero attached hydrogens (tertiary/aromatic N) is 2. The molecule has 1 unspecified atom stereocenters. The summed E-state index contributed by atoms with van der Waals surface area (Å²) >= 11 is 12.4.